The Balaban J connectivity index is 2.00. The van der Waals surface area contributed by atoms with Crippen LogP contribution in [0.4, 0.5) is 11.4 Å². The van der Waals surface area contributed by atoms with Crippen molar-refractivity contribution in [3.63, 3.8) is 0 Å². The van der Waals surface area contributed by atoms with Crippen molar-refractivity contribution in [1.82, 2.24) is 0 Å². The summed E-state index contributed by atoms with van der Waals surface area (Å²) in [4.78, 5) is 24.6. The minimum atomic E-state index is -0.178. The van der Waals surface area contributed by atoms with Crippen LogP contribution < -0.4 is 10.6 Å². The molecule has 0 unspecified atom stereocenters. The summed E-state index contributed by atoms with van der Waals surface area (Å²) in [5, 5.41) is 5.92. The molecule has 1 saturated carbocycles. The zero-order valence-electron chi connectivity index (χ0n) is 11.0. The lowest BCUT2D eigenvalue weighted by Crippen LogP contribution is -2.40. The van der Waals surface area contributed by atoms with Crippen LogP contribution >= 0.6 is 0 Å². The monoisotopic (exact) mass is 258 g/mol. The number of rotatable bonds is 0. The van der Waals surface area contributed by atoms with Crippen molar-refractivity contribution in [1.29, 1.82) is 0 Å². The van der Waals surface area contributed by atoms with Crippen LogP contribution in [0.2, 0.25) is 0 Å². The van der Waals surface area contributed by atoms with E-state index in [1.165, 1.54) is 0 Å². The van der Waals surface area contributed by atoms with Crippen LogP contribution in [-0.2, 0) is 9.59 Å². The van der Waals surface area contributed by atoms with E-state index >= 15 is 0 Å². The van der Waals surface area contributed by atoms with Crippen molar-refractivity contribution in [3.8, 4) is 0 Å². The van der Waals surface area contributed by atoms with Crippen LogP contribution in [0.15, 0.2) is 18.2 Å². The number of carbonyl (C=O) groups is 2. The zero-order chi connectivity index (χ0) is 13.4. The fourth-order valence-corrected chi connectivity index (χ4v) is 3.08. The van der Waals surface area contributed by atoms with Crippen LogP contribution in [0.5, 0.6) is 0 Å². The summed E-state index contributed by atoms with van der Waals surface area (Å²) < 4.78 is 0. The second-order valence-corrected chi connectivity index (χ2v) is 5.52. The highest BCUT2D eigenvalue weighted by Gasteiger charge is 2.37. The van der Waals surface area contributed by atoms with Crippen LogP contribution in [0.1, 0.15) is 31.2 Å². The second kappa shape index (κ2) is 4.68. The molecular formula is C15H18N2O2. The minimum absolute atomic E-state index is 0.00796. The molecule has 1 aromatic rings. The molecular weight excluding hydrogens is 240 g/mol. The number of benzene rings is 1. The Labute approximate surface area is 112 Å². The first-order valence-corrected chi connectivity index (χ1v) is 6.87. The van der Waals surface area contributed by atoms with Crippen LogP contribution in [0, 0.1) is 18.8 Å². The molecule has 2 N–H and O–H groups in total. The lowest BCUT2D eigenvalue weighted by atomic mass is 9.77. The van der Waals surface area contributed by atoms with Gasteiger partial charge in [-0.15, -0.1) is 0 Å². The molecule has 0 bridgehead atoms. The fraction of sp³-hybridized carbons (Fsp3) is 0.467. The molecule has 2 atom stereocenters. The third-order valence-corrected chi connectivity index (χ3v) is 4.13. The van der Waals surface area contributed by atoms with Gasteiger partial charge in [-0.3, -0.25) is 9.59 Å². The average Bonchev–Trinajstić information content (AvgIpc) is 2.40. The maximum absolute atomic E-state index is 12.3. The molecule has 4 heteroatoms. The van der Waals surface area contributed by atoms with E-state index in [1.807, 2.05) is 25.1 Å². The quantitative estimate of drug-likeness (QED) is 0.751. The van der Waals surface area contributed by atoms with Crippen molar-refractivity contribution in [2.45, 2.75) is 32.6 Å². The van der Waals surface area contributed by atoms with Gasteiger partial charge in [-0.25, -0.2) is 0 Å². The van der Waals surface area contributed by atoms with E-state index in [0.29, 0.717) is 11.4 Å². The van der Waals surface area contributed by atoms with Gasteiger partial charge in [0.2, 0.25) is 11.8 Å². The molecule has 0 saturated heterocycles. The van der Waals surface area contributed by atoms with Gasteiger partial charge in [0.15, 0.2) is 0 Å². The van der Waals surface area contributed by atoms with E-state index in [4.69, 9.17) is 0 Å². The van der Waals surface area contributed by atoms with Gasteiger partial charge in [0.05, 0.1) is 11.4 Å². The average molecular weight is 258 g/mol. The van der Waals surface area contributed by atoms with Gasteiger partial charge in [0.1, 0.15) is 0 Å². The molecule has 3 rings (SSSR count). The third-order valence-electron chi connectivity index (χ3n) is 4.13. The SMILES string of the molecule is Cc1ccc2c(c1)NC(=O)[C@@H]1CCCC[C@@H]1C(=O)N2. The first-order chi connectivity index (χ1) is 9.15. The molecule has 1 heterocycles. The predicted molar refractivity (Wildman–Crippen MR) is 73.9 cm³/mol. The van der Waals surface area contributed by atoms with Crippen LogP contribution in [0.25, 0.3) is 0 Å². The molecule has 0 aromatic heterocycles. The summed E-state index contributed by atoms with van der Waals surface area (Å²) in [5.41, 5.74) is 2.48. The molecule has 1 aliphatic heterocycles. The van der Waals surface area contributed by atoms with Gasteiger partial charge in [-0.2, -0.15) is 0 Å². The van der Waals surface area contributed by atoms with Gasteiger partial charge < -0.3 is 10.6 Å². The number of nitrogens with one attached hydrogen (secondary N) is 2. The standard InChI is InChI=1S/C15H18N2O2/c1-9-6-7-12-13(8-9)17-15(19)11-5-3-2-4-10(11)14(18)16-12/h6-8,10-11H,2-5H2,1H3,(H,16,18)(H,17,19)/t10-,11+/m0/s1. The summed E-state index contributed by atoms with van der Waals surface area (Å²) in [6.45, 7) is 1.97. The first kappa shape index (κ1) is 12.2. The summed E-state index contributed by atoms with van der Waals surface area (Å²) in [6, 6.07) is 5.69. The molecule has 1 aliphatic carbocycles. The molecule has 1 fully saturated rings. The van der Waals surface area contributed by atoms with E-state index in [2.05, 4.69) is 10.6 Å². The molecule has 4 nitrogen and oxygen atoms in total. The highest BCUT2D eigenvalue weighted by molar-refractivity contribution is 6.06. The summed E-state index contributed by atoms with van der Waals surface area (Å²) >= 11 is 0. The molecule has 19 heavy (non-hydrogen) atoms. The lowest BCUT2D eigenvalue weighted by molar-refractivity contribution is -0.131. The van der Waals surface area contributed by atoms with Crippen molar-refractivity contribution >= 4 is 23.2 Å². The van der Waals surface area contributed by atoms with E-state index in [-0.39, 0.29) is 23.7 Å². The topological polar surface area (TPSA) is 58.2 Å². The van der Waals surface area contributed by atoms with Crippen molar-refractivity contribution in [2.75, 3.05) is 10.6 Å². The van der Waals surface area contributed by atoms with Crippen molar-refractivity contribution in [3.05, 3.63) is 23.8 Å². The second-order valence-electron chi connectivity index (χ2n) is 5.52. The Morgan fingerprint density at radius 1 is 0.947 bits per heavy atom. The third kappa shape index (κ3) is 2.23. The normalized spacial score (nSPS) is 26.4. The summed E-state index contributed by atoms with van der Waals surface area (Å²) in [6.07, 6.45) is 3.68. The van der Waals surface area contributed by atoms with E-state index < -0.39 is 0 Å². The Morgan fingerprint density at radius 2 is 1.53 bits per heavy atom. The van der Waals surface area contributed by atoms with Crippen LogP contribution in [0.3, 0.4) is 0 Å². The van der Waals surface area contributed by atoms with Crippen molar-refractivity contribution in [2.24, 2.45) is 11.8 Å². The summed E-state index contributed by atoms with van der Waals surface area (Å²) in [5.74, 6) is -0.373. The Morgan fingerprint density at radius 3 is 2.16 bits per heavy atom. The maximum Gasteiger partial charge on any atom is 0.228 e. The van der Waals surface area contributed by atoms with Gasteiger partial charge >= 0.3 is 0 Å². The summed E-state index contributed by atoms with van der Waals surface area (Å²) in [7, 11) is 0. The number of hydrogen-bond donors (Lipinski definition) is 2. The van der Waals surface area contributed by atoms with Crippen LogP contribution in [-0.4, -0.2) is 11.8 Å². The number of hydrogen-bond acceptors (Lipinski definition) is 2. The fourth-order valence-electron chi connectivity index (χ4n) is 3.08. The van der Waals surface area contributed by atoms with Gasteiger partial charge in [0, 0.05) is 11.8 Å². The number of aryl methyl sites for hydroxylation is 1. The predicted octanol–water partition coefficient (Wildman–Crippen LogP) is 2.69. The maximum atomic E-state index is 12.3. The Bertz CT molecular complexity index is 539. The first-order valence-electron chi connectivity index (χ1n) is 6.87. The minimum Gasteiger partial charge on any atom is -0.324 e. The Kier molecular flexibility index (Phi) is 3.01. The highest BCUT2D eigenvalue weighted by Crippen LogP contribution is 2.35. The van der Waals surface area contributed by atoms with Gasteiger partial charge in [-0.05, 0) is 37.5 Å². The lowest BCUT2D eigenvalue weighted by Gasteiger charge is -2.32. The number of anilines is 2. The molecule has 0 spiro atoms. The highest BCUT2D eigenvalue weighted by atomic mass is 16.2. The van der Waals surface area contributed by atoms with E-state index in [9.17, 15) is 9.59 Å². The smallest absolute Gasteiger partial charge is 0.228 e. The Hall–Kier alpha value is -1.84. The zero-order valence-corrected chi connectivity index (χ0v) is 11.0. The largest absolute Gasteiger partial charge is 0.324 e. The van der Waals surface area contributed by atoms with Gasteiger partial charge in [-0.1, -0.05) is 18.9 Å². The number of fused-ring (bicyclic) bond motifs is 2. The van der Waals surface area contributed by atoms with Crippen molar-refractivity contribution < 1.29 is 9.59 Å². The number of carbonyl (C=O) groups excluding carboxylic acids is 2. The van der Waals surface area contributed by atoms with Gasteiger partial charge in [0.25, 0.3) is 0 Å². The van der Waals surface area contributed by atoms with E-state index in [1.54, 1.807) is 0 Å². The molecule has 2 aliphatic rings. The molecule has 100 valence electrons. The van der Waals surface area contributed by atoms with E-state index in [0.717, 1.165) is 31.2 Å². The molecule has 1 aromatic carbocycles. The molecule has 2 amide bonds. The number of amides is 2. The molecule has 0 radical (unpaired) electrons.